The molecule has 22 heavy (non-hydrogen) atoms. The predicted octanol–water partition coefficient (Wildman–Crippen LogP) is 4.65. The molecule has 0 saturated heterocycles. The Morgan fingerprint density at radius 1 is 0.955 bits per heavy atom. The highest BCUT2D eigenvalue weighted by Crippen LogP contribution is 2.30. The van der Waals surface area contributed by atoms with Crippen LogP contribution in [0, 0.1) is 0 Å². The van der Waals surface area contributed by atoms with Gasteiger partial charge in [-0.2, -0.15) is 0 Å². The van der Waals surface area contributed by atoms with Gasteiger partial charge in [-0.05, 0) is 50.3 Å². The third-order valence-electron chi connectivity index (χ3n) is 3.40. The largest absolute Gasteiger partial charge is 0.469 e. The first-order valence-corrected chi connectivity index (χ1v) is 7.37. The summed E-state index contributed by atoms with van der Waals surface area (Å²) < 4.78 is 11.3. The highest BCUT2D eigenvalue weighted by molar-refractivity contribution is 7.80. The van der Waals surface area contributed by atoms with Gasteiger partial charge in [0.05, 0.1) is 0 Å². The van der Waals surface area contributed by atoms with Crippen LogP contribution in [0.3, 0.4) is 0 Å². The highest BCUT2D eigenvalue weighted by atomic mass is 32.1. The first-order chi connectivity index (χ1) is 10.4. The number of hydrogen-bond donors (Lipinski definition) is 0. The third kappa shape index (κ3) is 3.71. The van der Waals surface area contributed by atoms with Crippen LogP contribution in [0.1, 0.15) is 26.3 Å². The molecule has 0 bridgehead atoms. The van der Waals surface area contributed by atoms with Gasteiger partial charge in [-0.3, -0.25) is 4.79 Å². The topological polar surface area (TPSA) is 35.5 Å². The number of carbonyl (C=O) groups excluding carboxylic acids is 1. The molecule has 4 heteroatoms. The summed E-state index contributed by atoms with van der Waals surface area (Å²) in [5.74, 6) is 1.35. The second-order valence-electron chi connectivity index (χ2n) is 5.12. The zero-order valence-corrected chi connectivity index (χ0v) is 13.6. The summed E-state index contributed by atoms with van der Waals surface area (Å²) in [6, 6.07) is 16.8. The molecule has 0 aliphatic rings. The van der Waals surface area contributed by atoms with E-state index in [4.69, 9.17) is 21.7 Å². The standard InChI is InChI=1S/C18H18O3S/c1-13(19)18(3,21-14(2)22)15-9-11-17(12-10-15)20-16-7-5-4-6-8-16/h4-12H,1-3H3. The van der Waals surface area contributed by atoms with E-state index in [1.807, 2.05) is 54.6 Å². The van der Waals surface area contributed by atoms with Gasteiger partial charge in [0.15, 0.2) is 16.4 Å². The van der Waals surface area contributed by atoms with E-state index in [1.54, 1.807) is 13.8 Å². The monoisotopic (exact) mass is 314 g/mol. The van der Waals surface area contributed by atoms with E-state index < -0.39 is 5.60 Å². The lowest BCUT2D eigenvalue weighted by molar-refractivity contribution is -0.132. The molecule has 0 aliphatic carbocycles. The Bertz CT molecular complexity index is 664. The third-order valence-corrected chi connectivity index (χ3v) is 3.49. The molecule has 0 fully saturated rings. The van der Waals surface area contributed by atoms with E-state index in [2.05, 4.69) is 0 Å². The molecule has 2 aromatic rings. The summed E-state index contributed by atoms with van der Waals surface area (Å²) >= 11 is 4.98. The van der Waals surface area contributed by atoms with Crippen LogP contribution >= 0.6 is 12.2 Å². The maximum Gasteiger partial charge on any atom is 0.189 e. The lowest BCUT2D eigenvalue weighted by Crippen LogP contribution is -2.35. The molecule has 114 valence electrons. The minimum atomic E-state index is -1.07. The molecule has 1 atom stereocenters. The molecule has 0 N–H and O–H groups in total. The lowest BCUT2D eigenvalue weighted by atomic mass is 9.92. The molecule has 0 amide bonds. The first kappa shape index (κ1) is 16.2. The van der Waals surface area contributed by atoms with Crippen LogP contribution in [-0.4, -0.2) is 10.8 Å². The molecule has 3 nitrogen and oxygen atoms in total. The van der Waals surface area contributed by atoms with E-state index >= 15 is 0 Å². The average Bonchev–Trinajstić information content (AvgIpc) is 2.48. The van der Waals surface area contributed by atoms with E-state index in [0.717, 1.165) is 11.3 Å². The van der Waals surface area contributed by atoms with Crippen molar-refractivity contribution in [2.75, 3.05) is 0 Å². The smallest absolute Gasteiger partial charge is 0.189 e. The number of ether oxygens (including phenoxy) is 2. The molecule has 0 spiro atoms. The number of rotatable bonds is 5. The van der Waals surface area contributed by atoms with Gasteiger partial charge in [0, 0.05) is 12.5 Å². The van der Waals surface area contributed by atoms with Crippen molar-refractivity contribution < 1.29 is 14.3 Å². The van der Waals surface area contributed by atoms with E-state index in [1.165, 1.54) is 6.92 Å². The van der Waals surface area contributed by atoms with Gasteiger partial charge < -0.3 is 9.47 Å². The summed E-state index contributed by atoms with van der Waals surface area (Å²) in [5.41, 5.74) is -0.332. The van der Waals surface area contributed by atoms with Crippen molar-refractivity contribution in [2.24, 2.45) is 0 Å². The molecule has 0 radical (unpaired) electrons. The fourth-order valence-electron chi connectivity index (χ4n) is 2.09. The van der Waals surface area contributed by atoms with Crippen LogP contribution in [0.4, 0.5) is 0 Å². The number of Topliss-reactive ketones (excluding diaryl/α,β-unsaturated/α-hetero) is 1. The van der Waals surface area contributed by atoms with Crippen molar-refractivity contribution in [3.63, 3.8) is 0 Å². The van der Waals surface area contributed by atoms with Gasteiger partial charge in [0.2, 0.25) is 0 Å². The molecular weight excluding hydrogens is 296 g/mol. The molecular formula is C18H18O3S. The fraction of sp³-hybridized carbons (Fsp3) is 0.222. The number of ketones is 1. The zero-order valence-electron chi connectivity index (χ0n) is 12.8. The molecule has 0 aliphatic heterocycles. The summed E-state index contributed by atoms with van der Waals surface area (Å²) in [7, 11) is 0. The minimum absolute atomic E-state index is 0.103. The van der Waals surface area contributed by atoms with Gasteiger partial charge in [0.25, 0.3) is 0 Å². The van der Waals surface area contributed by atoms with Crippen molar-refractivity contribution in [3.05, 3.63) is 60.2 Å². The van der Waals surface area contributed by atoms with E-state index in [0.29, 0.717) is 10.8 Å². The molecule has 0 saturated carbocycles. The Morgan fingerprint density at radius 3 is 2.00 bits per heavy atom. The maximum atomic E-state index is 12.0. The average molecular weight is 314 g/mol. The van der Waals surface area contributed by atoms with Crippen molar-refractivity contribution in [1.82, 2.24) is 0 Å². The Kier molecular flexibility index (Phi) is 4.93. The molecule has 1 unspecified atom stereocenters. The Morgan fingerprint density at radius 2 is 1.50 bits per heavy atom. The fourth-order valence-corrected chi connectivity index (χ4v) is 2.25. The second kappa shape index (κ2) is 6.71. The molecule has 2 rings (SSSR count). The van der Waals surface area contributed by atoms with Crippen molar-refractivity contribution in [1.29, 1.82) is 0 Å². The Labute approximate surface area is 135 Å². The molecule has 0 aromatic heterocycles. The van der Waals surface area contributed by atoms with Crippen LogP contribution in [0.2, 0.25) is 0 Å². The van der Waals surface area contributed by atoms with Crippen LogP contribution in [-0.2, 0) is 15.1 Å². The van der Waals surface area contributed by atoms with E-state index in [-0.39, 0.29) is 5.78 Å². The van der Waals surface area contributed by atoms with Crippen LogP contribution in [0.5, 0.6) is 11.5 Å². The lowest BCUT2D eigenvalue weighted by Gasteiger charge is -2.28. The maximum absolute atomic E-state index is 12.0. The molecule has 0 heterocycles. The quantitative estimate of drug-likeness (QED) is 0.753. The summed E-state index contributed by atoms with van der Waals surface area (Å²) in [4.78, 5) is 12.0. The highest BCUT2D eigenvalue weighted by Gasteiger charge is 2.34. The second-order valence-corrected chi connectivity index (χ2v) is 5.70. The summed E-state index contributed by atoms with van der Waals surface area (Å²) in [5, 5.41) is 0.335. The Balaban J connectivity index is 2.23. The Hall–Kier alpha value is -2.20. The van der Waals surface area contributed by atoms with Crippen LogP contribution in [0.25, 0.3) is 0 Å². The number of thiocarbonyl (C=S) groups is 1. The van der Waals surface area contributed by atoms with Gasteiger partial charge in [-0.15, -0.1) is 0 Å². The van der Waals surface area contributed by atoms with Crippen molar-refractivity contribution in [2.45, 2.75) is 26.4 Å². The van der Waals surface area contributed by atoms with E-state index in [9.17, 15) is 4.79 Å². The van der Waals surface area contributed by atoms with Gasteiger partial charge in [-0.1, -0.05) is 30.3 Å². The number of para-hydroxylation sites is 1. The van der Waals surface area contributed by atoms with Crippen LogP contribution < -0.4 is 4.74 Å². The van der Waals surface area contributed by atoms with Gasteiger partial charge in [-0.25, -0.2) is 0 Å². The SMILES string of the molecule is CC(=O)C(C)(OC(C)=S)c1ccc(Oc2ccccc2)cc1. The summed E-state index contributed by atoms with van der Waals surface area (Å²) in [6.07, 6.45) is 0. The van der Waals surface area contributed by atoms with Crippen molar-refractivity contribution in [3.8, 4) is 11.5 Å². The van der Waals surface area contributed by atoms with Gasteiger partial charge in [0.1, 0.15) is 11.5 Å². The number of hydrogen-bond acceptors (Lipinski definition) is 4. The summed E-state index contributed by atoms with van der Waals surface area (Å²) in [6.45, 7) is 4.87. The normalized spacial score (nSPS) is 13.0. The van der Waals surface area contributed by atoms with Crippen LogP contribution in [0.15, 0.2) is 54.6 Å². The molecule has 2 aromatic carbocycles. The zero-order chi connectivity index (χ0) is 16.2. The number of benzene rings is 2. The first-order valence-electron chi connectivity index (χ1n) is 6.96. The van der Waals surface area contributed by atoms with Crippen molar-refractivity contribution >= 4 is 23.1 Å². The van der Waals surface area contributed by atoms with Gasteiger partial charge >= 0.3 is 0 Å². The predicted molar refractivity (Wildman–Crippen MR) is 90.3 cm³/mol. The minimum Gasteiger partial charge on any atom is -0.469 e. The number of carbonyl (C=O) groups is 1.